The van der Waals surface area contributed by atoms with Crippen molar-refractivity contribution >= 4 is 17.4 Å². The molecule has 2 aromatic heterocycles. The number of anilines is 1. The van der Waals surface area contributed by atoms with E-state index in [1.807, 2.05) is 6.92 Å². The Labute approximate surface area is 205 Å². The number of phenolic OH excluding ortho intramolecular Hbond substituents is 1. The molecule has 4 N–H and O–H groups in total. The Bertz CT molecular complexity index is 1390. The second-order valence-corrected chi connectivity index (χ2v) is 7.57. The van der Waals surface area contributed by atoms with Gasteiger partial charge in [-0.05, 0) is 66.1 Å². The number of ether oxygens (including phenoxy) is 2. The van der Waals surface area contributed by atoms with Gasteiger partial charge in [-0.3, -0.25) is 4.79 Å². The third kappa shape index (κ3) is 4.94. The maximum Gasteiger partial charge on any atom is 0.294 e. The van der Waals surface area contributed by atoms with Gasteiger partial charge in [0.15, 0.2) is 17.2 Å². The number of nitrogens with one attached hydrogen (secondary N) is 1. The molecule has 4 aromatic rings. The number of hydrazone groups is 1. The summed E-state index contributed by atoms with van der Waals surface area (Å²) >= 11 is 0. The van der Waals surface area contributed by atoms with Crippen LogP contribution in [-0.4, -0.2) is 55.7 Å². The number of nitrogens with zero attached hydrogens (tertiary/aromatic N) is 6. The number of nitrogens with two attached hydrogens (primary N) is 1. The summed E-state index contributed by atoms with van der Waals surface area (Å²) in [6.45, 7) is 4.29. The fourth-order valence-corrected chi connectivity index (χ4v) is 3.26. The second-order valence-electron chi connectivity index (χ2n) is 7.57. The zero-order valence-electron chi connectivity index (χ0n) is 19.8. The molecule has 0 aliphatic heterocycles. The van der Waals surface area contributed by atoms with Gasteiger partial charge in [-0.1, -0.05) is 12.1 Å². The summed E-state index contributed by atoms with van der Waals surface area (Å²) in [4.78, 5) is 13.1. The molecule has 0 aliphatic rings. The number of aromatic hydroxyl groups is 1. The van der Waals surface area contributed by atoms with Crippen molar-refractivity contribution in [2.75, 3.05) is 19.5 Å². The van der Waals surface area contributed by atoms with Crippen LogP contribution in [0.3, 0.4) is 0 Å². The Kier molecular flexibility index (Phi) is 7.09. The maximum atomic E-state index is 13.1. The van der Waals surface area contributed by atoms with Crippen molar-refractivity contribution in [3.63, 3.8) is 0 Å². The minimum absolute atomic E-state index is 0.00734. The van der Waals surface area contributed by atoms with E-state index in [1.54, 1.807) is 43.3 Å². The monoisotopic (exact) mass is 492 g/mol. The number of amides is 1. The third-order valence-electron chi connectivity index (χ3n) is 5.10. The molecule has 1 amide bonds. The second kappa shape index (κ2) is 10.5. The molecular formula is C23H24N8O5. The van der Waals surface area contributed by atoms with E-state index >= 15 is 0 Å². The lowest BCUT2D eigenvalue weighted by molar-refractivity contribution is 0.0950. The highest BCUT2D eigenvalue weighted by molar-refractivity contribution is 6.02. The number of aromatic nitrogens is 5. The highest BCUT2D eigenvalue weighted by Crippen LogP contribution is 2.29. The first-order chi connectivity index (χ1) is 17.4. The molecule has 2 aromatic carbocycles. The summed E-state index contributed by atoms with van der Waals surface area (Å²) in [6, 6.07) is 11.8. The molecule has 36 heavy (non-hydrogen) atoms. The summed E-state index contributed by atoms with van der Waals surface area (Å²) < 4.78 is 16.7. The van der Waals surface area contributed by atoms with Crippen LogP contribution in [0.15, 0.2) is 52.2 Å². The topological polar surface area (TPSA) is 176 Å². The summed E-state index contributed by atoms with van der Waals surface area (Å²) in [5.41, 5.74) is 10.3. The molecule has 0 unspecified atom stereocenters. The summed E-state index contributed by atoms with van der Waals surface area (Å²) in [6.07, 6.45) is 0.873. The Hall–Kier alpha value is -4.94. The molecule has 0 radical (unpaired) electrons. The molecule has 0 saturated heterocycles. The van der Waals surface area contributed by atoms with Crippen LogP contribution in [0.25, 0.3) is 17.1 Å². The van der Waals surface area contributed by atoms with Crippen molar-refractivity contribution in [1.29, 1.82) is 0 Å². The first-order valence-corrected chi connectivity index (χ1v) is 10.9. The molecular weight excluding hydrogens is 468 g/mol. The number of nitrogen functional groups attached to an aromatic ring is 1. The molecule has 0 spiro atoms. The average Bonchev–Trinajstić information content (AvgIpc) is 3.52. The van der Waals surface area contributed by atoms with Crippen LogP contribution in [-0.2, 0) is 0 Å². The highest BCUT2D eigenvalue weighted by atomic mass is 16.6. The number of phenols is 1. The number of hydrogen-bond acceptors (Lipinski definition) is 11. The van der Waals surface area contributed by atoms with E-state index in [1.165, 1.54) is 17.9 Å². The number of carbonyl (C=O) groups excluding carboxylic acids is 1. The molecule has 13 nitrogen and oxygen atoms in total. The van der Waals surface area contributed by atoms with Crippen LogP contribution >= 0.6 is 0 Å². The molecule has 0 saturated carbocycles. The smallest absolute Gasteiger partial charge is 0.294 e. The van der Waals surface area contributed by atoms with Crippen molar-refractivity contribution in [3.05, 3.63) is 53.7 Å². The van der Waals surface area contributed by atoms with Crippen molar-refractivity contribution in [2.45, 2.75) is 20.3 Å². The predicted octanol–water partition coefficient (Wildman–Crippen LogP) is 2.56. The Morgan fingerprint density at radius 3 is 2.67 bits per heavy atom. The van der Waals surface area contributed by atoms with Gasteiger partial charge in [0, 0.05) is 11.1 Å². The number of benzene rings is 2. The normalized spacial score (nSPS) is 11.4. The average molecular weight is 492 g/mol. The standard InChI is InChI=1S/C23H24N8O5/c1-4-11-35-16-8-5-14(6-9-16)20-19(26-30-31(20)22-21(24)28-36-29-22)23(33)27-25-13(2)15-7-10-17(32)18(12-15)34-3/h5-10,12,32H,4,11H2,1-3H3,(H2,24,28)(H,27,33)/b25-13-. The van der Waals surface area contributed by atoms with Gasteiger partial charge in [0.05, 0.1) is 19.4 Å². The zero-order chi connectivity index (χ0) is 25.7. The van der Waals surface area contributed by atoms with E-state index in [2.05, 4.69) is 31.2 Å². The van der Waals surface area contributed by atoms with Gasteiger partial charge in [-0.25, -0.2) is 10.1 Å². The Balaban J connectivity index is 1.67. The van der Waals surface area contributed by atoms with Gasteiger partial charge >= 0.3 is 0 Å². The number of carbonyl (C=O) groups is 1. The summed E-state index contributed by atoms with van der Waals surface area (Å²) in [5.74, 6) is 0.390. The molecule has 0 fully saturated rings. The van der Waals surface area contributed by atoms with E-state index in [9.17, 15) is 9.90 Å². The zero-order valence-corrected chi connectivity index (χ0v) is 19.8. The Morgan fingerprint density at radius 2 is 2.00 bits per heavy atom. The first-order valence-electron chi connectivity index (χ1n) is 10.9. The van der Waals surface area contributed by atoms with Crippen LogP contribution in [0.5, 0.6) is 17.2 Å². The fourth-order valence-electron chi connectivity index (χ4n) is 3.26. The number of rotatable bonds is 9. The van der Waals surface area contributed by atoms with Crippen molar-refractivity contribution in [3.8, 4) is 34.3 Å². The summed E-state index contributed by atoms with van der Waals surface area (Å²) in [5, 5.41) is 29.4. The molecule has 2 heterocycles. The lowest BCUT2D eigenvalue weighted by atomic mass is 10.1. The van der Waals surface area contributed by atoms with E-state index in [4.69, 9.17) is 19.8 Å². The summed E-state index contributed by atoms with van der Waals surface area (Å²) in [7, 11) is 1.44. The number of methoxy groups -OCH3 is 1. The maximum absolute atomic E-state index is 13.1. The molecule has 4 rings (SSSR count). The molecule has 0 aliphatic carbocycles. The highest BCUT2D eigenvalue weighted by Gasteiger charge is 2.25. The molecule has 0 atom stereocenters. The van der Waals surface area contributed by atoms with E-state index < -0.39 is 5.91 Å². The quantitative estimate of drug-likeness (QED) is 0.232. The minimum Gasteiger partial charge on any atom is -0.504 e. The van der Waals surface area contributed by atoms with E-state index in [0.29, 0.717) is 34.9 Å². The largest absolute Gasteiger partial charge is 0.504 e. The van der Waals surface area contributed by atoms with Crippen molar-refractivity contribution < 1.29 is 24.0 Å². The van der Waals surface area contributed by atoms with Gasteiger partial charge in [-0.15, -0.1) is 5.10 Å². The van der Waals surface area contributed by atoms with Crippen LogP contribution in [0, 0.1) is 0 Å². The van der Waals surface area contributed by atoms with Gasteiger partial charge in [-0.2, -0.15) is 9.78 Å². The van der Waals surface area contributed by atoms with Crippen molar-refractivity contribution in [1.82, 2.24) is 30.7 Å². The van der Waals surface area contributed by atoms with Crippen LogP contribution in [0.2, 0.25) is 0 Å². The van der Waals surface area contributed by atoms with Crippen LogP contribution in [0.1, 0.15) is 36.3 Å². The lowest BCUT2D eigenvalue weighted by Gasteiger charge is -2.09. The molecule has 186 valence electrons. The van der Waals surface area contributed by atoms with Gasteiger partial charge in [0.2, 0.25) is 11.6 Å². The minimum atomic E-state index is -0.623. The van der Waals surface area contributed by atoms with Gasteiger partial charge in [0.25, 0.3) is 5.91 Å². The van der Waals surface area contributed by atoms with Crippen molar-refractivity contribution in [2.24, 2.45) is 5.10 Å². The SMILES string of the molecule is CCCOc1ccc(-c2c(C(=O)N/N=C(/C)c3ccc(O)c(OC)c3)nnn2-c2nonc2N)cc1. The fraction of sp³-hybridized carbons (Fsp3) is 0.217. The first kappa shape index (κ1) is 24.2. The van der Waals surface area contributed by atoms with Gasteiger partial charge < -0.3 is 20.3 Å². The van der Waals surface area contributed by atoms with E-state index in [-0.39, 0.29) is 28.8 Å². The molecule has 0 bridgehead atoms. The van der Waals surface area contributed by atoms with Gasteiger partial charge in [0.1, 0.15) is 11.4 Å². The van der Waals surface area contributed by atoms with Crippen LogP contribution < -0.4 is 20.6 Å². The van der Waals surface area contributed by atoms with E-state index in [0.717, 1.165) is 6.42 Å². The lowest BCUT2D eigenvalue weighted by Crippen LogP contribution is -2.21. The third-order valence-corrected chi connectivity index (χ3v) is 5.10. The Morgan fingerprint density at radius 1 is 1.22 bits per heavy atom. The van der Waals surface area contributed by atoms with Crippen LogP contribution in [0.4, 0.5) is 5.82 Å². The molecule has 13 heteroatoms. The predicted molar refractivity (Wildman–Crippen MR) is 129 cm³/mol. The number of hydrogen-bond donors (Lipinski definition) is 3.